The minimum Gasteiger partial charge on any atom is -0.302 e. The lowest BCUT2D eigenvalue weighted by Crippen LogP contribution is -2.33. The van der Waals surface area contributed by atoms with Crippen molar-refractivity contribution in [1.29, 1.82) is 0 Å². The predicted molar refractivity (Wildman–Crippen MR) is 87.4 cm³/mol. The molecule has 0 aromatic heterocycles. The Morgan fingerprint density at radius 2 is 1.86 bits per heavy atom. The highest BCUT2D eigenvalue weighted by atomic mass is 32.2. The number of carbonyl (C=O) groups excluding carboxylic acids is 3. The molecule has 1 fully saturated rings. The van der Waals surface area contributed by atoms with E-state index < -0.39 is 5.41 Å². The van der Waals surface area contributed by atoms with E-state index in [0.29, 0.717) is 24.5 Å². The van der Waals surface area contributed by atoms with Crippen LogP contribution >= 0.6 is 11.8 Å². The van der Waals surface area contributed by atoms with Crippen molar-refractivity contribution in [2.45, 2.75) is 83.3 Å². The average Bonchev–Trinajstić information content (AvgIpc) is 2.48. The summed E-state index contributed by atoms with van der Waals surface area (Å²) in [5, 5.41) is 0.364. The Kier molecular flexibility index (Phi) is 8.23. The first-order chi connectivity index (χ1) is 10.0. The van der Waals surface area contributed by atoms with Crippen LogP contribution in [0.1, 0.15) is 78.1 Å². The molecular weight excluding hydrogens is 284 g/mol. The minimum atomic E-state index is -0.941. The molecule has 0 aromatic carbocycles. The van der Waals surface area contributed by atoms with Gasteiger partial charge in [-0.1, -0.05) is 50.8 Å². The highest BCUT2D eigenvalue weighted by molar-refractivity contribution is 8.14. The van der Waals surface area contributed by atoms with Crippen molar-refractivity contribution in [3.8, 4) is 0 Å². The van der Waals surface area contributed by atoms with Gasteiger partial charge in [-0.05, 0) is 32.6 Å². The summed E-state index contributed by atoms with van der Waals surface area (Å²) in [5.41, 5.74) is -0.941. The second kappa shape index (κ2) is 9.39. The fourth-order valence-corrected chi connectivity index (χ4v) is 4.20. The van der Waals surface area contributed by atoms with Crippen LogP contribution in [0.25, 0.3) is 0 Å². The van der Waals surface area contributed by atoms with E-state index in [2.05, 4.69) is 6.92 Å². The van der Waals surface area contributed by atoms with Crippen LogP contribution in [0.4, 0.5) is 0 Å². The van der Waals surface area contributed by atoms with Crippen LogP contribution in [0.2, 0.25) is 0 Å². The quantitative estimate of drug-likeness (QED) is 0.470. The molecule has 0 N–H and O–H groups in total. The molecule has 0 spiro atoms. The summed E-state index contributed by atoms with van der Waals surface area (Å²) in [4.78, 5) is 35.6. The van der Waals surface area contributed by atoms with Crippen LogP contribution in [-0.4, -0.2) is 22.4 Å². The molecule has 0 bridgehead atoms. The summed E-state index contributed by atoms with van der Waals surface area (Å²) in [5.74, 6) is 0.0492. The Hall–Kier alpha value is -0.640. The Morgan fingerprint density at radius 1 is 1.19 bits per heavy atom. The number of hydrogen-bond acceptors (Lipinski definition) is 4. The van der Waals surface area contributed by atoms with Crippen molar-refractivity contribution >= 4 is 28.9 Å². The molecule has 0 saturated heterocycles. The number of aldehydes is 1. The lowest BCUT2D eigenvalue weighted by atomic mass is 9.80. The van der Waals surface area contributed by atoms with Crippen LogP contribution < -0.4 is 0 Å². The van der Waals surface area contributed by atoms with Crippen molar-refractivity contribution in [1.82, 2.24) is 0 Å². The van der Waals surface area contributed by atoms with Crippen LogP contribution in [-0.2, 0) is 14.4 Å². The number of unbranched alkanes of at least 4 members (excludes halogenated alkanes) is 1. The fraction of sp³-hybridized carbons (Fsp3) is 0.824. The molecule has 21 heavy (non-hydrogen) atoms. The van der Waals surface area contributed by atoms with E-state index in [-0.39, 0.29) is 10.9 Å². The third kappa shape index (κ3) is 5.93. The Balaban J connectivity index is 2.73. The van der Waals surface area contributed by atoms with Gasteiger partial charge in [0.1, 0.15) is 12.1 Å². The van der Waals surface area contributed by atoms with Crippen molar-refractivity contribution in [3.05, 3.63) is 0 Å². The molecule has 1 saturated carbocycles. The largest absolute Gasteiger partial charge is 0.302 e. The molecule has 0 aliphatic heterocycles. The second-order valence-corrected chi connectivity index (χ2v) is 7.52. The SMILES string of the molecule is CCCCC(C=O)(CCC(C)=O)C(=O)SC1CCCCC1. The number of hydrogen-bond donors (Lipinski definition) is 0. The third-order valence-corrected chi connectivity index (χ3v) is 5.78. The van der Waals surface area contributed by atoms with Gasteiger partial charge in [-0.15, -0.1) is 0 Å². The van der Waals surface area contributed by atoms with Crippen molar-refractivity contribution in [2.75, 3.05) is 0 Å². The van der Waals surface area contributed by atoms with Crippen LogP contribution in [0, 0.1) is 5.41 Å². The van der Waals surface area contributed by atoms with E-state index in [4.69, 9.17) is 0 Å². The normalized spacial score (nSPS) is 19.0. The zero-order valence-corrected chi connectivity index (χ0v) is 14.2. The first-order valence-corrected chi connectivity index (χ1v) is 9.09. The lowest BCUT2D eigenvalue weighted by molar-refractivity contribution is -0.130. The highest BCUT2D eigenvalue weighted by Gasteiger charge is 2.39. The summed E-state index contributed by atoms with van der Waals surface area (Å²) < 4.78 is 0. The van der Waals surface area contributed by atoms with Crippen LogP contribution in [0.3, 0.4) is 0 Å². The zero-order chi connectivity index (χ0) is 15.7. The summed E-state index contributed by atoms with van der Waals surface area (Å²) in [6.07, 6.45) is 9.68. The number of carbonyl (C=O) groups is 3. The van der Waals surface area contributed by atoms with Gasteiger partial charge in [0.2, 0.25) is 5.12 Å². The molecule has 1 unspecified atom stereocenters. The molecule has 0 heterocycles. The molecular formula is C17H28O3S. The van der Waals surface area contributed by atoms with Crippen molar-refractivity contribution < 1.29 is 14.4 Å². The van der Waals surface area contributed by atoms with Gasteiger partial charge in [0.15, 0.2) is 0 Å². The molecule has 1 rings (SSSR count). The number of rotatable bonds is 9. The number of ketones is 1. The highest BCUT2D eigenvalue weighted by Crippen LogP contribution is 2.38. The van der Waals surface area contributed by atoms with Gasteiger partial charge in [0, 0.05) is 11.7 Å². The predicted octanol–water partition coefficient (Wildman–Crippen LogP) is 4.32. The monoisotopic (exact) mass is 312 g/mol. The van der Waals surface area contributed by atoms with Gasteiger partial charge in [-0.2, -0.15) is 0 Å². The summed E-state index contributed by atoms with van der Waals surface area (Å²) in [6, 6.07) is 0. The van der Waals surface area contributed by atoms with E-state index in [1.165, 1.54) is 37.9 Å². The Bertz CT molecular complexity index is 361. The number of Topliss-reactive ketones (excluding diaryl/α,β-unsaturated/α-hetero) is 1. The van der Waals surface area contributed by atoms with Gasteiger partial charge in [-0.3, -0.25) is 4.79 Å². The van der Waals surface area contributed by atoms with Gasteiger partial charge in [0.25, 0.3) is 0 Å². The molecule has 0 amide bonds. The Labute approximate surface area is 132 Å². The maximum atomic E-state index is 12.7. The molecule has 3 nitrogen and oxygen atoms in total. The van der Waals surface area contributed by atoms with Gasteiger partial charge in [0.05, 0.1) is 5.41 Å². The first-order valence-electron chi connectivity index (χ1n) is 8.21. The van der Waals surface area contributed by atoms with E-state index in [0.717, 1.165) is 32.0 Å². The zero-order valence-electron chi connectivity index (χ0n) is 13.4. The lowest BCUT2D eigenvalue weighted by Gasteiger charge is -2.29. The third-order valence-electron chi connectivity index (χ3n) is 4.36. The minimum absolute atomic E-state index is 0.000833. The summed E-state index contributed by atoms with van der Waals surface area (Å²) in [7, 11) is 0. The second-order valence-electron chi connectivity index (χ2n) is 6.24. The molecule has 0 radical (unpaired) electrons. The topological polar surface area (TPSA) is 51.2 Å². The smallest absolute Gasteiger partial charge is 0.202 e. The first kappa shape index (κ1) is 18.4. The van der Waals surface area contributed by atoms with Gasteiger partial charge < -0.3 is 9.59 Å². The van der Waals surface area contributed by atoms with E-state index >= 15 is 0 Å². The molecule has 1 aliphatic carbocycles. The summed E-state index contributed by atoms with van der Waals surface area (Å²) >= 11 is 1.37. The number of thioether (sulfide) groups is 1. The fourth-order valence-electron chi connectivity index (χ4n) is 2.84. The molecule has 1 aliphatic rings. The van der Waals surface area contributed by atoms with Crippen molar-refractivity contribution in [3.63, 3.8) is 0 Å². The van der Waals surface area contributed by atoms with Gasteiger partial charge >= 0.3 is 0 Å². The average molecular weight is 312 g/mol. The standard InChI is InChI=1S/C17H28O3S/c1-3-4-11-17(13-18,12-10-14(2)19)16(20)21-15-8-6-5-7-9-15/h13,15H,3-12H2,1-2H3. The van der Waals surface area contributed by atoms with E-state index in [1.807, 2.05) is 0 Å². The molecule has 120 valence electrons. The molecule has 0 aromatic rings. The molecule has 1 atom stereocenters. The van der Waals surface area contributed by atoms with Crippen molar-refractivity contribution in [2.24, 2.45) is 5.41 Å². The van der Waals surface area contributed by atoms with Gasteiger partial charge in [-0.25, -0.2) is 0 Å². The maximum absolute atomic E-state index is 12.7. The van der Waals surface area contributed by atoms with E-state index in [9.17, 15) is 14.4 Å². The van der Waals surface area contributed by atoms with Crippen LogP contribution in [0.5, 0.6) is 0 Å². The maximum Gasteiger partial charge on any atom is 0.202 e. The van der Waals surface area contributed by atoms with Crippen LogP contribution in [0.15, 0.2) is 0 Å². The Morgan fingerprint density at radius 3 is 2.38 bits per heavy atom. The van der Waals surface area contributed by atoms with E-state index in [1.54, 1.807) is 0 Å². The summed E-state index contributed by atoms with van der Waals surface area (Å²) in [6.45, 7) is 3.58. The molecule has 4 heteroatoms.